The molecule has 1 saturated heterocycles. The van der Waals surface area contributed by atoms with Crippen LogP contribution in [0.2, 0.25) is 0 Å². The molecule has 1 atom stereocenters. The fraction of sp³-hybridized carbons (Fsp3) is 0.312. The monoisotopic (exact) mass is 397 g/mol. The summed E-state index contributed by atoms with van der Waals surface area (Å²) in [7, 11) is -3.15. The summed E-state index contributed by atoms with van der Waals surface area (Å²) in [5.41, 5.74) is 0.917. The van der Waals surface area contributed by atoms with Crippen molar-refractivity contribution in [2.75, 3.05) is 22.1 Å². The Hall–Kier alpha value is -2.33. The fourth-order valence-electron chi connectivity index (χ4n) is 2.67. The zero-order chi connectivity index (χ0) is 18.9. The van der Waals surface area contributed by atoms with Gasteiger partial charge in [-0.25, -0.2) is 17.8 Å². The van der Waals surface area contributed by atoms with Crippen molar-refractivity contribution >= 4 is 43.8 Å². The number of rotatable bonds is 4. The smallest absolute Gasteiger partial charge is 0.230 e. The van der Waals surface area contributed by atoms with E-state index in [-0.39, 0.29) is 28.1 Å². The van der Waals surface area contributed by atoms with Gasteiger partial charge in [-0.05, 0) is 24.6 Å². The van der Waals surface area contributed by atoms with E-state index < -0.39 is 27.5 Å². The molecule has 2 aromatic rings. The minimum Gasteiger partial charge on any atom is -0.326 e. The van der Waals surface area contributed by atoms with Crippen LogP contribution in [0, 0.1) is 11.7 Å². The summed E-state index contributed by atoms with van der Waals surface area (Å²) in [6.07, 6.45) is 0.297. The Balaban J connectivity index is 1.72. The van der Waals surface area contributed by atoms with Crippen LogP contribution in [0.4, 0.5) is 15.2 Å². The second-order valence-electron chi connectivity index (χ2n) is 6.00. The van der Waals surface area contributed by atoms with Gasteiger partial charge in [0.15, 0.2) is 15.0 Å². The molecule has 1 aliphatic rings. The maximum atomic E-state index is 14.2. The molecular formula is C16H16FN3O4S2. The molecule has 2 N–H and O–H groups in total. The lowest BCUT2D eigenvalue weighted by molar-refractivity contribution is -0.119. The van der Waals surface area contributed by atoms with E-state index in [2.05, 4.69) is 15.6 Å². The average molecular weight is 397 g/mol. The number of carbonyl (C=O) groups excluding carboxylic acids is 2. The standard InChI is InChI=1S/C16H16FN3O4S2/c1-9(21)18-11-2-3-12(13(17)6-11)14-7-25-16(19-14)20-15(22)10-4-5-26(23,24)8-10/h2-3,6-7,10H,4-5,8H2,1H3,(H,18,21)(H,19,20,22)/t10-/m0/s1. The number of hydrogen-bond acceptors (Lipinski definition) is 6. The topological polar surface area (TPSA) is 105 Å². The summed E-state index contributed by atoms with van der Waals surface area (Å²) in [5, 5.41) is 6.96. The van der Waals surface area contributed by atoms with Crippen molar-refractivity contribution < 1.29 is 22.4 Å². The lowest BCUT2D eigenvalue weighted by atomic mass is 10.1. The minimum absolute atomic E-state index is 0.0140. The molecule has 0 bridgehead atoms. The van der Waals surface area contributed by atoms with Gasteiger partial charge in [-0.15, -0.1) is 11.3 Å². The van der Waals surface area contributed by atoms with Crippen LogP contribution in [0.15, 0.2) is 23.6 Å². The van der Waals surface area contributed by atoms with Gasteiger partial charge in [0.05, 0.1) is 23.1 Å². The third kappa shape index (κ3) is 4.25. The van der Waals surface area contributed by atoms with Gasteiger partial charge in [-0.3, -0.25) is 9.59 Å². The summed E-state index contributed by atoms with van der Waals surface area (Å²) in [4.78, 5) is 27.3. The molecule has 1 aromatic heterocycles. The third-order valence-electron chi connectivity index (χ3n) is 3.90. The zero-order valence-electron chi connectivity index (χ0n) is 13.8. The normalized spacial score (nSPS) is 18.5. The van der Waals surface area contributed by atoms with Crippen LogP contribution in [-0.4, -0.2) is 36.7 Å². The Labute approximate surface area is 153 Å². The van der Waals surface area contributed by atoms with Crippen LogP contribution in [0.5, 0.6) is 0 Å². The lowest BCUT2D eigenvalue weighted by Crippen LogP contribution is -2.23. The molecule has 0 aliphatic carbocycles. The Kier molecular flexibility index (Phi) is 5.05. The number of halogens is 1. The van der Waals surface area contributed by atoms with Gasteiger partial charge in [0.2, 0.25) is 11.8 Å². The SMILES string of the molecule is CC(=O)Nc1ccc(-c2csc(NC(=O)[C@H]3CCS(=O)(=O)C3)n2)c(F)c1. The molecule has 2 amide bonds. The first-order valence-corrected chi connectivity index (χ1v) is 10.5. The van der Waals surface area contributed by atoms with E-state index >= 15 is 0 Å². The maximum Gasteiger partial charge on any atom is 0.230 e. The Morgan fingerprint density at radius 2 is 2.08 bits per heavy atom. The maximum absolute atomic E-state index is 14.2. The number of nitrogens with one attached hydrogen (secondary N) is 2. The highest BCUT2D eigenvalue weighted by Gasteiger charge is 2.33. The van der Waals surface area contributed by atoms with E-state index in [1.54, 1.807) is 11.4 Å². The van der Waals surface area contributed by atoms with Crippen LogP contribution >= 0.6 is 11.3 Å². The predicted octanol–water partition coefficient (Wildman–Crippen LogP) is 2.28. The van der Waals surface area contributed by atoms with Gasteiger partial charge in [0.1, 0.15) is 5.82 Å². The number of sulfone groups is 1. The van der Waals surface area contributed by atoms with Gasteiger partial charge in [0, 0.05) is 23.6 Å². The molecule has 26 heavy (non-hydrogen) atoms. The summed E-state index contributed by atoms with van der Waals surface area (Å²) in [5.74, 6) is -1.98. The van der Waals surface area contributed by atoms with E-state index in [1.807, 2.05) is 0 Å². The van der Waals surface area contributed by atoms with Crippen molar-refractivity contribution in [2.45, 2.75) is 13.3 Å². The van der Waals surface area contributed by atoms with Crippen molar-refractivity contribution in [3.63, 3.8) is 0 Å². The molecule has 10 heteroatoms. The number of anilines is 2. The first kappa shape index (κ1) is 18.5. The van der Waals surface area contributed by atoms with Crippen LogP contribution in [-0.2, 0) is 19.4 Å². The largest absolute Gasteiger partial charge is 0.326 e. The molecule has 1 fully saturated rings. The molecule has 2 heterocycles. The number of hydrogen-bond donors (Lipinski definition) is 2. The van der Waals surface area contributed by atoms with Crippen LogP contribution < -0.4 is 10.6 Å². The van der Waals surface area contributed by atoms with E-state index in [0.717, 1.165) is 11.3 Å². The number of aromatic nitrogens is 1. The van der Waals surface area contributed by atoms with Gasteiger partial charge in [-0.1, -0.05) is 0 Å². The summed E-state index contributed by atoms with van der Waals surface area (Å²) < 4.78 is 37.2. The first-order valence-electron chi connectivity index (χ1n) is 7.78. The summed E-state index contributed by atoms with van der Waals surface area (Å²) >= 11 is 1.13. The van der Waals surface area contributed by atoms with Crippen LogP contribution in [0.25, 0.3) is 11.3 Å². The molecule has 7 nitrogen and oxygen atoms in total. The molecule has 0 saturated carbocycles. The second-order valence-corrected chi connectivity index (χ2v) is 9.09. The van der Waals surface area contributed by atoms with Gasteiger partial charge >= 0.3 is 0 Å². The molecule has 138 valence electrons. The quantitative estimate of drug-likeness (QED) is 0.823. The van der Waals surface area contributed by atoms with Crippen molar-refractivity contribution in [3.8, 4) is 11.3 Å². The molecular weight excluding hydrogens is 381 g/mol. The Morgan fingerprint density at radius 3 is 2.69 bits per heavy atom. The fourth-order valence-corrected chi connectivity index (χ4v) is 5.12. The zero-order valence-corrected chi connectivity index (χ0v) is 15.4. The molecule has 1 aromatic carbocycles. The highest BCUT2D eigenvalue weighted by molar-refractivity contribution is 7.91. The van der Waals surface area contributed by atoms with Crippen LogP contribution in [0.3, 0.4) is 0 Å². The lowest BCUT2D eigenvalue weighted by Gasteiger charge is -2.06. The molecule has 1 aliphatic heterocycles. The number of benzene rings is 1. The van der Waals surface area contributed by atoms with Crippen molar-refractivity contribution in [1.29, 1.82) is 0 Å². The second kappa shape index (κ2) is 7.12. The average Bonchev–Trinajstić information content (AvgIpc) is 3.13. The highest BCUT2D eigenvalue weighted by atomic mass is 32.2. The number of carbonyl (C=O) groups is 2. The van der Waals surface area contributed by atoms with E-state index in [9.17, 15) is 22.4 Å². The van der Waals surface area contributed by atoms with E-state index in [0.29, 0.717) is 17.8 Å². The first-order chi connectivity index (χ1) is 12.2. The minimum atomic E-state index is -3.15. The van der Waals surface area contributed by atoms with E-state index in [4.69, 9.17) is 0 Å². The van der Waals surface area contributed by atoms with E-state index in [1.165, 1.54) is 19.1 Å². The van der Waals surface area contributed by atoms with Gasteiger partial charge < -0.3 is 10.6 Å². The Morgan fingerprint density at radius 1 is 1.31 bits per heavy atom. The van der Waals surface area contributed by atoms with Gasteiger partial charge in [0.25, 0.3) is 0 Å². The van der Waals surface area contributed by atoms with Crippen molar-refractivity contribution in [1.82, 2.24) is 4.98 Å². The number of nitrogens with zero attached hydrogens (tertiary/aromatic N) is 1. The van der Waals surface area contributed by atoms with Crippen molar-refractivity contribution in [2.24, 2.45) is 5.92 Å². The van der Waals surface area contributed by atoms with Crippen molar-refractivity contribution in [3.05, 3.63) is 29.4 Å². The molecule has 0 unspecified atom stereocenters. The predicted molar refractivity (Wildman–Crippen MR) is 97.2 cm³/mol. The summed E-state index contributed by atoms with van der Waals surface area (Å²) in [6.45, 7) is 1.33. The Bertz CT molecular complexity index is 972. The molecule has 3 rings (SSSR count). The molecule has 0 radical (unpaired) electrons. The third-order valence-corrected chi connectivity index (χ3v) is 6.43. The van der Waals surface area contributed by atoms with Gasteiger partial charge in [-0.2, -0.15) is 0 Å². The van der Waals surface area contributed by atoms with Crippen LogP contribution in [0.1, 0.15) is 13.3 Å². The molecule has 0 spiro atoms. The summed E-state index contributed by atoms with van der Waals surface area (Å²) in [6, 6.07) is 4.24. The highest BCUT2D eigenvalue weighted by Crippen LogP contribution is 2.29. The number of thiazole rings is 1. The number of amides is 2.